The third-order valence-corrected chi connectivity index (χ3v) is 3.10. The molecule has 0 fully saturated rings. The molecule has 126 valence electrons. The Labute approximate surface area is 139 Å². The molecule has 6 heteroatoms. The number of amides is 1. The molecule has 0 aliphatic rings. The van der Waals surface area contributed by atoms with Crippen LogP contribution >= 0.6 is 0 Å². The van der Waals surface area contributed by atoms with Crippen molar-refractivity contribution in [2.75, 3.05) is 13.2 Å². The quantitative estimate of drug-likeness (QED) is 0.755. The minimum Gasteiger partial charge on any atom is -0.490 e. The third-order valence-electron chi connectivity index (χ3n) is 3.10. The van der Waals surface area contributed by atoms with Gasteiger partial charge in [0.2, 0.25) is 5.91 Å². The van der Waals surface area contributed by atoms with E-state index in [1.807, 2.05) is 30.3 Å². The van der Waals surface area contributed by atoms with Gasteiger partial charge in [-0.1, -0.05) is 42.5 Å². The fraction of sp³-hybridized carbons (Fsp3) is 0.222. The van der Waals surface area contributed by atoms with Crippen molar-refractivity contribution in [2.45, 2.75) is 13.0 Å². The highest BCUT2D eigenvalue weighted by Crippen LogP contribution is 2.15. The molecule has 0 bridgehead atoms. The highest BCUT2D eigenvalue weighted by molar-refractivity contribution is 5.81. The molecule has 5 nitrogen and oxygen atoms in total. The molecule has 24 heavy (non-hydrogen) atoms. The molecular formula is C18H18FNO4. The summed E-state index contributed by atoms with van der Waals surface area (Å²) in [7, 11) is 0. The van der Waals surface area contributed by atoms with Crippen LogP contribution in [0.3, 0.4) is 0 Å². The summed E-state index contributed by atoms with van der Waals surface area (Å²) < 4.78 is 23.5. The average Bonchev–Trinajstić information content (AvgIpc) is 2.61. The number of halogens is 1. The van der Waals surface area contributed by atoms with Crippen LogP contribution in [0.5, 0.6) is 5.75 Å². The van der Waals surface area contributed by atoms with Crippen molar-refractivity contribution in [2.24, 2.45) is 0 Å². The SMILES string of the molecule is O=C(CCOc1ccccc1F)NCC(=O)OCc1ccccc1. The second kappa shape index (κ2) is 9.29. The molecule has 0 saturated heterocycles. The van der Waals surface area contributed by atoms with E-state index in [1.165, 1.54) is 12.1 Å². The van der Waals surface area contributed by atoms with Crippen molar-refractivity contribution in [3.05, 3.63) is 66.0 Å². The lowest BCUT2D eigenvalue weighted by atomic mass is 10.2. The van der Waals surface area contributed by atoms with Crippen molar-refractivity contribution in [1.82, 2.24) is 5.32 Å². The highest BCUT2D eigenvalue weighted by Gasteiger charge is 2.08. The minimum atomic E-state index is -0.526. The molecule has 0 heterocycles. The first kappa shape index (κ1) is 17.5. The highest BCUT2D eigenvalue weighted by atomic mass is 19.1. The maximum atomic E-state index is 13.3. The normalized spacial score (nSPS) is 10.0. The van der Waals surface area contributed by atoms with E-state index in [-0.39, 0.29) is 37.8 Å². The van der Waals surface area contributed by atoms with Gasteiger partial charge in [-0.2, -0.15) is 0 Å². The van der Waals surface area contributed by atoms with Gasteiger partial charge < -0.3 is 14.8 Å². The Morgan fingerprint density at radius 2 is 1.71 bits per heavy atom. The van der Waals surface area contributed by atoms with E-state index in [2.05, 4.69) is 5.32 Å². The first-order chi connectivity index (χ1) is 11.6. The minimum absolute atomic E-state index is 0.0142. The molecular weight excluding hydrogens is 313 g/mol. The fourth-order valence-electron chi connectivity index (χ4n) is 1.86. The van der Waals surface area contributed by atoms with Crippen molar-refractivity contribution in [3.8, 4) is 5.75 Å². The Balaban J connectivity index is 1.60. The molecule has 1 amide bonds. The van der Waals surface area contributed by atoms with Crippen LogP contribution < -0.4 is 10.1 Å². The van der Waals surface area contributed by atoms with Gasteiger partial charge in [0, 0.05) is 0 Å². The number of rotatable bonds is 8. The Morgan fingerprint density at radius 3 is 2.46 bits per heavy atom. The van der Waals surface area contributed by atoms with Crippen molar-refractivity contribution in [3.63, 3.8) is 0 Å². The Hall–Kier alpha value is -2.89. The molecule has 2 rings (SSSR count). The molecule has 0 unspecified atom stereocenters. The predicted molar refractivity (Wildman–Crippen MR) is 85.8 cm³/mol. The maximum absolute atomic E-state index is 13.3. The van der Waals surface area contributed by atoms with Crippen LogP contribution in [0.1, 0.15) is 12.0 Å². The lowest BCUT2D eigenvalue weighted by Crippen LogP contribution is -2.31. The van der Waals surface area contributed by atoms with Crippen LogP contribution in [0.2, 0.25) is 0 Å². The molecule has 1 N–H and O–H groups in total. The molecule has 0 saturated carbocycles. The monoisotopic (exact) mass is 331 g/mol. The second-order valence-electron chi connectivity index (χ2n) is 4.95. The summed E-state index contributed by atoms with van der Waals surface area (Å²) in [5, 5.41) is 2.43. The number of ether oxygens (including phenoxy) is 2. The van der Waals surface area contributed by atoms with Gasteiger partial charge in [0.05, 0.1) is 13.0 Å². The lowest BCUT2D eigenvalue weighted by Gasteiger charge is -2.08. The van der Waals surface area contributed by atoms with Crippen LogP contribution in [0, 0.1) is 5.82 Å². The first-order valence-corrected chi connectivity index (χ1v) is 7.49. The van der Waals surface area contributed by atoms with E-state index < -0.39 is 11.8 Å². The van der Waals surface area contributed by atoms with Gasteiger partial charge in [0.25, 0.3) is 0 Å². The number of hydrogen-bond acceptors (Lipinski definition) is 4. The van der Waals surface area contributed by atoms with Crippen LogP contribution in [0.15, 0.2) is 54.6 Å². The Kier molecular flexibility index (Phi) is 6.76. The lowest BCUT2D eigenvalue weighted by molar-refractivity contribution is -0.145. The first-order valence-electron chi connectivity index (χ1n) is 7.49. The molecule has 2 aromatic carbocycles. The van der Waals surface area contributed by atoms with Gasteiger partial charge in [-0.3, -0.25) is 9.59 Å². The predicted octanol–water partition coefficient (Wildman–Crippen LogP) is 2.45. The van der Waals surface area contributed by atoms with E-state index in [0.29, 0.717) is 0 Å². The number of carbonyl (C=O) groups excluding carboxylic acids is 2. The van der Waals surface area contributed by atoms with Crippen molar-refractivity contribution >= 4 is 11.9 Å². The summed E-state index contributed by atoms with van der Waals surface area (Å²) in [4.78, 5) is 23.1. The summed E-state index contributed by atoms with van der Waals surface area (Å²) in [5.41, 5.74) is 0.871. The summed E-state index contributed by atoms with van der Waals surface area (Å²) in [6.45, 7) is -0.0386. The summed E-state index contributed by atoms with van der Waals surface area (Å²) in [5.74, 6) is -1.29. The van der Waals surface area contributed by atoms with Gasteiger partial charge in [0.15, 0.2) is 11.6 Å². The van der Waals surface area contributed by atoms with Gasteiger partial charge in [-0.25, -0.2) is 4.39 Å². The van der Waals surface area contributed by atoms with Crippen LogP contribution in [0.4, 0.5) is 4.39 Å². The van der Waals surface area contributed by atoms with Crippen LogP contribution in [-0.4, -0.2) is 25.0 Å². The molecule has 0 aliphatic carbocycles. The van der Waals surface area contributed by atoms with Crippen molar-refractivity contribution in [1.29, 1.82) is 0 Å². The summed E-state index contributed by atoms with van der Waals surface area (Å²) in [6, 6.07) is 15.2. The number of benzene rings is 2. The zero-order chi connectivity index (χ0) is 17.2. The molecule has 0 atom stereocenters. The Morgan fingerprint density at radius 1 is 1.00 bits per heavy atom. The topological polar surface area (TPSA) is 64.6 Å². The van der Waals surface area contributed by atoms with Crippen molar-refractivity contribution < 1.29 is 23.5 Å². The smallest absolute Gasteiger partial charge is 0.325 e. The average molecular weight is 331 g/mol. The van der Waals surface area contributed by atoms with Gasteiger partial charge in [-0.05, 0) is 17.7 Å². The molecule has 2 aromatic rings. The molecule has 0 aromatic heterocycles. The number of carbonyl (C=O) groups is 2. The largest absolute Gasteiger partial charge is 0.490 e. The molecule has 0 radical (unpaired) electrons. The number of esters is 1. The van der Waals surface area contributed by atoms with E-state index in [9.17, 15) is 14.0 Å². The fourth-order valence-corrected chi connectivity index (χ4v) is 1.86. The van der Waals surface area contributed by atoms with E-state index >= 15 is 0 Å². The third kappa shape index (κ3) is 6.08. The molecule has 0 aliphatic heterocycles. The van der Waals surface area contributed by atoms with Crippen LogP contribution in [-0.2, 0) is 20.9 Å². The van der Waals surface area contributed by atoms with E-state index in [0.717, 1.165) is 5.56 Å². The number of nitrogens with one attached hydrogen (secondary N) is 1. The standard InChI is InChI=1S/C18H18FNO4/c19-15-8-4-5-9-16(15)23-11-10-17(21)20-12-18(22)24-13-14-6-2-1-3-7-14/h1-9H,10-13H2,(H,20,21). The summed E-state index contributed by atoms with van der Waals surface area (Å²) in [6.07, 6.45) is 0.0142. The zero-order valence-electron chi connectivity index (χ0n) is 13.0. The van der Waals surface area contributed by atoms with Gasteiger partial charge >= 0.3 is 5.97 Å². The number of hydrogen-bond donors (Lipinski definition) is 1. The van der Waals surface area contributed by atoms with E-state index in [4.69, 9.17) is 9.47 Å². The molecule has 0 spiro atoms. The maximum Gasteiger partial charge on any atom is 0.325 e. The van der Waals surface area contributed by atoms with Crippen LogP contribution in [0.25, 0.3) is 0 Å². The number of para-hydroxylation sites is 1. The Bertz CT molecular complexity index is 676. The van der Waals surface area contributed by atoms with E-state index in [1.54, 1.807) is 12.1 Å². The van der Waals surface area contributed by atoms with Gasteiger partial charge in [0.1, 0.15) is 13.2 Å². The van der Waals surface area contributed by atoms with Gasteiger partial charge in [-0.15, -0.1) is 0 Å². The summed E-state index contributed by atoms with van der Waals surface area (Å²) >= 11 is 0. The zero-order valence-corrected chi connectivity index (χ0v) is 13.0. The second-order valence-corrected chi connectivity index (χ2v) is 4.95.